The van der Waals surface area contributed by atoms with Gasteiger partial charge in [-0.1, -0.05) is 0 Å². The molecule has 2 aliphatic heterocycles. The van der Waals surface area contributed by atoms with Gasteiger partial charge in [0, 0.05) is 12.6 Å². The molecule has 0 radical (unpaired) electrons. The first kappa shape index (κ1) is 11.3. The highest BCUT2D eigenvalue weighted by Gasteiger charge is 2.23. The number of carbonyl (C=O) groups is 1. The molecule has 2 atom stereocenters. The quantitative estimate of drug-likeness (QED) is 0.758. The molecular formula is C11H20N2OS. The van der Waals surface area contributed by atoms with E-state index in [1.807, 2.05) is 0 Å². The van der Waals surface area contributed by atoms with Crippen LogP contribution in [0.2, 0.25) is 0 Å². The Balaban J connectivity index is 1.58. The van der Waals surface area contributed by atoms with Crippen LogP contribution in [0.4, 0.5) is 0 Å². The Morgan fingerprint density at radius 1 is 1.40 bits per heavy atom. The average Bonchev–Trinajstić information content (AvgIpc) is 2.90. The van der Waals surface area contributed by atoms with Gasteiger partial charge in [-0.05, 0) is 44.4 Å². The third-order valence-electron chi connectivity index (χ3n) is 3.18. The summed E-state index contributed by atoms with van der Waals surface area (Å²) < 4.78 is 0. The predicted molar refractivity (Wildman–Crippen MR) is 64.1 cm³/mol. The minimum absolute atomic E-state index is 0.238. The Hall–Kier alpha value is -0.220. The molecule has 0 bridgehead atoms. The number of amides is 1. The lowest BCUT2D eigenvalue weighted by molar-refractivity contribution is -0.120. The van der Waals surface area contributed by atoms with Crippen molar-refractivity contribution in [3.8, 4) is 0 Å². The van der Waals surface area contributed by atoms with Crippen LogP contribution in [0, 0.1) is 0 Å². The number of rotatable bonds is 4. The zero-order valence-electron chi connectivity index (χ0n) is 9.13. The van der Waals surface area contributed by atoms with Gasteiger partial charge in [-0.3, -0.25) is 4.79 Å². The van der Waals surface area contributed by atoms with E-state index in [4.69, 9.17) is 0 Å². The Labute approximate surface area is 95.8 Å². The van der Waals surface area contributed by atoms with E-state index in [9.17, 15) is 4.79 Å². The van der Waals surface area contributed by atoms with Crippen molar-refractivity contribution < 1.29 is 4.79 Å². The van der Waals surface area contributed by atoms with Crippen LogP contribution in [-0.4, -0.2) is 36.0 Å². The largest absolute Gasteiger partial charge is 0.355 e. The van der Waals surface area contributed by atoms with Crippen molar-refractivity contribution in [2.75, 3.05) is 18.8 Å². The fourth-order valence-corrected chi connectivity index (χ4v) is 3.46. The monoisotopic (exact) mass is 228 g/mol. The summed E-state index contributed by atoms with van der Waals surface area (Å²) in [7, 11) is 0. The Kier molecular flexibility index (Phi) is 4.32. The molecule has 0 aromatic carbocycles. The maximum Gasteiger partial charge on any atom is 0.233 e. The molecule has 2 N–H and O–H groups in total. The Bertz CT molecular complexity index is 211. The van der Waals surface area contributed by atoms with Crippen molar-refractivity contribution in [2.24, 2.45) is 0 Å². The van der Waals surface area contributed by atoms with Gasteiger partial charge in [0.2, 0.25) is 5.91 Å². The van der Waals surface area contributed by atoms with Crippen LogP contribution in [0.15, 0.2) is 0 Å². The zero-order chi connectivity index (χ0) is 10.5. The van der Waals surface area contributed by atoms with Crippen molar-refractivity contribution >= 4 is 17.7 Å². The highest BCUT2D eigenvalue weighted by Crippen LogP contribution is 2.25. The molecule has 0 saturated carbocycles. The second-order valence-corrected chi connectivity index (χ2v) is 5.69. The summed E-state index contributed by atoms with van der Waals surface area (Å²) in [5.74, 6) is 1.41. The van der Waals surface area contributed by atoms with Gasteiger partial charge < -0.3 is 10.6 Å². The van der Waals surface area contributed by atoms with E-state index in [1.165, 1.54) is 19.3 Å². The molecule has 2 saturated heterocycles. The van der Waals surface area contributed by atoms with Crippen LogP contribution < -0.4 is 10.6 Å². The van der Waals surface area contributed by atoms with Crippen molar-refractivity contribution in [2.45, 2.75) is 43.4 Å². The number of carbonyl (C=O) groups excluding carboxylic acids is 1. The number of thioether (sulfide) groups is 1. The van der Waals surface area contributed by atoms with E-state index in [0.717, 1.165) is 31.7 Å². The predicted octanol–water partition coefficient (Wildman–Crippen LogP) is 1.14. The molecule has 2 rings (SSSR count). The van der Waals surface area contributed by atoms with Gasteiger partial charge in [-0.25, -0.2) is 0 Å². The molecule has 86 valence electrons. The van der Waals surface area contributed by atoms with Crippen LogP contribution in [0.1, 0.15) is 32.1 Å². The van der Waals surface area contributed by atoms with E-state index in [0.29, 0.717) is 6.04 Å². The summed E-state index contributed by atoms with van der Waals surface area (Å²) >= 11 is 1.81. The summed E-state index contributed by atoms with van der Waals surface area (Å²) in [6.07, 6.45) is 5.92. The second-order valence-electron chi connectivity index (χ2n) is 4.37. The van der Waals surface area contributed by atoms with Crippen molar-refractivity contribution in [1.82, 2.24) is 10.6 Å². The molecule has 0 spiro atoms. The smallest absolute Gasteiger partial charge is 0.233 e. The van der Waals surface area contributed by atoms with Gasteiger partial charge >= 0.3 is 0 Å². The lowest BCUT2D eigenvalue weighted by Crippen LogP contribution is -2.35. The molecule has 2 heterocycles. The molecular weight excluding hydrogens is 208 g/mol. The maximum atomic E-state index is 11.7. The molecule has 1 amide bonds. The molecule has 0 aliphatic carbocycles. The Morgan fingerprint density at radius 2 is 2.33 bits per heavy atom. The van der Waals surface area contributed by atoms with Crippen LogP contribution in [0.5, 0.6) is 0 Å². The van der Waals surface area contributed by atoms with Crippen LogP contribution in [0.25, 0.3) is 0 Å². The van der Waals surface area contributed by atoms with Crippen LogP contribution in [-0.2, 0) is 4.79 Å². The van der Waals surface area contributed by atoms with Gasteiger partial charge in [-0.15, -0.1) is 11.8 Å². The average molecular weight is 228 g/mol. The summed E-state index contributed by atoms with van der Waals surface area (Å²) in [6, 6.07) is 0.640. The minimum atomic E-state index is 0.238. The molecule has 2 aliphatic rings. The third-order valence-corrected chi connectivity index (χ3v) is 4.55. The van der Waals surface area contributed by atoms with E-state index >= 15 is 0 Å². The standard InChI is InChI=1S/C11H20N2OS/c14-11(10-4-2-8-15-10)13-7-5-9-3-1-6-12-9/h9-10,12H,1-8H2,(H,13,14)/t9-,10?/m0/s1. The minimum Gasteiger partial charge on any atom is -0.355 e. The zero-order valence-corrected chi connectivity index (χ0v) is 9.94. The van der Waals surface area contributed by atoms with Crippen LogP contribution >= 0.6 is 11.8 Å². The first-order valence-corrected chi connectivity index (χ1v) is 7.04. The first-order valence-electron chi connectivity index (χ1n) is 5.99. The summed E-state index contributed by atoms with van der Waals surface area (Å²) in [5.41, 5.74) is 0. The van der Waals surface area contributed by atoms with E-state index < -0.39 is 0 Å². The summed E-state index contributed by atoms with van der Waals surface area (Å²) in [5, 5.41) is 6.73. The molecule has 1 unspecified atom stereocenters. The normalized spacial score (nSPS) is 30.7. The molecule has 3 nitrogen and oxygen atoms in total. The van der Waals surface area contributed by atoms with Crippen molar-refractivity contribution in [1.29, 1.82) is 0 Å². The van der Waals surface area contributed by atoms with Gasteiger partial charge in [0.25, 0.3) is 0 Å². The topological polar surface area (TPSA) is 41.1 Å². The van der Waals surface area contributed by atoms with Gasteiger partial charge in [0.1, 0.15) is 0 Å². The fraction of sp³-hybridized carbons (Fsp3) is 0.909. The molecule has 0 aromatic rings. The molecule has 2 fully saturated rings. The van der Waals surface area contributed by atoms with Gasteiger partial charge in [0.05, 0.1) is 5.25 Å². The van der Waals surface area contributed by atoms with Crippen LogP contribution in [0.3, 0.4) is 0 Å². The van der Waals surface area contributed by atoms with E-state index in [2.05, 4.69) is 10.6 Å². The van der Waals surface area contributed by atoms with Gasteiger partial charge in [-0.2, -0.15) is 0 Å². The third kappa shape index (κ3) is 3.38. The van der Waals surface area contributed by atoms with E-state index in [-0.39, 0.29) is 11.2 Å². The number of hydrogen-bond acceptors (Lipinski definition) is 3. The SMILES string of the molecule is O=C(NCC[C@@H]1CCCN1)C1CCCS1. The molecule has 15 heavy (non-hydrogen) atoms. The first-order chi connectivity index (χ1) is 7.36. The summed E-state index contributed by atoms with van der Waals surface area (Å²) in [4.78, 5) is 11.7. The number of nitrogens with one attached hydrogen (secondary N) is 2. The lowest BCUT2D eigenvalue weighted by Gasteiger charge is -2.12. The second kappa shape index (κ2) is 5.75. The Morgan fingerprint density at radius 3 is 3.00 bits per heavy atom. The molecule has 4 heteroatoms. The number of hydrogen-bond donors (Lipinski definition) is 2. The highest BCUT2D eigenvalue weighted by molar-refractivity contribution is 8.00. The van der Waals surface area contributed by atoms with Crippen molar-refractivity contribution in [3.05, 3.63) is 0 Å². The maximum absolute atomic E-state index is 11.7. The van der Waals surface area contributed by atoms with Gasteiger partial charge in [0.15, 0.2) is 0 Å². The summed E-state index contributed by atoms with van der Waals surface area (Å²) in [6.45, 7) is 1.99. The fourth-order valence-electron chi connectivity index (χ4n) is 2.27. The lowest BCUT2D eigenvalue weighted by atomic mass is 10.1. The van der Waals surface area contributed by atoms with Crippen molar-refractivity contribution in [3.63, 3.8) is 0 Å². The highest BCUT2D eigenvalue weighted by atomic mass is 32.2. The van der Waals surface area contributed by atoms with E-state index in [1.54, 1.807) is 11.8 Å². The molecule has 0 aromatic heterocycles.